The number of aromatic nitrogens is 1. The summed E-state index contributed by atoms with van der Waals surface area (Å²) in [5, 5.41) is 20.7. The molecule has 2 aromatic rings. The summed E-state index contributed by atoms with van der Waals surface area (Å²) in [5.74, 6) is -1.82. The van der Waals surface area contributed by atoms with Crippen molar-refractivity contribution in [3.8, 4) is 0 Å². The van der Waals surface area contributed by atoms with Crippen molar-refractivity contribution in [2.24, 2.45) is 0 Å². The molecule has 1 aromatic heterocycles. The Hall–Kier alpha value is -2.47. The van der Waals surface area contributed by atoms with Gasteiger partial charge in [0.2, 0.25) is 0 Å². The van der Waals surface area contributed by atoms with Gasteiger partial charge in [0.25, 0.3) is 5.91 Å². The maximum Gasteiger partial charge on any atom is 0.334 e. The number of pyridine rings is 1. The number of fused-ring (bicyclic) bond motifs is 1. The molecule has 1 unspecified atom stereocenters. The topological polar surface area (TPSA) is 99.5 Å². The number of carbonyl (C=O) groups excluding carboxylic acids is 1. The molecule has 6 heteroatoms. The Morgan fingerprint density at radius 1 is 1.26 bits per heavy atom. The Balaban J connectivity index is 2.20. The molecule has 2 rings (SSSR count). The number of aliphatic hydroxyl groups excluding tert-OH is 1. The molecular weight excluding hydrogens is 248 g/mol. The molecule has 1 atom stereocenters. The van der Waals surface area contributed by atoms with Crippen molar-refractivity contribution in [2.45, 2.75) is 6.10 Å². The van der Waals surface area contributed by atoms with Crippen molar-refractivity contribution >= 4 is 22.8 Å². The molecule has 0 aliphatic rings. The average Bonchev–Trinajstić information content (AvgIpc) is 2.43. The van der Waals surface area contributed by atoms with E-state index in [1.807, 2.05) is 0 Å². The summed E-state index contributed by atoms with van der Waals surface area (Å²) in [7, 11) is 0. The Morgan fingerprint density at radius 2 is 2.05 bits per heavy atom. The first-order valence-electron chi connectivity index (χ1n) is 5.62. The van der Waals surface area contributed by atoms with E-state index in [1.165, 1.54) is 0 Å². The Labute approximate surface area is 108 Å². The van der Waals surface area contributed by atoms with Crippen LogP contribution in [0.4, 0.5) is 0 Å². The number of amides is 1. The van der Waals surface area contributed by atoms with Crippen molar-refractivity contribution in [1.29, 1.82) is 0 Å². The van der Waals surface area contributed by atoms with Crippen LogP contribution in [0.25, 0.3) is 10.9 Å². The SMILES string of the molecule is O=C(NCC(O)C(=O)O)c1cccc2ncccc12. The summed E-state index contributed by atoms with van der Waals surface area (Å²) < 4.78 is 0. The summed E-state index contributed by atoms with van der Waals surface area (Å²) in [4.78, 5) is 26.5. The van der Waals surface area contributed by atoms with Crippen molar-refractivity contribution < 1.29 is 19.8 Å². The fourth-order valence-electron chi connectivity index (χ4n) is 1.67. The maximum absolute atomic E-state index is 11.9. The predicted molar refractivity (Wildman–Crippen MR) is 67.7 cm³/mol. The molecular formula is C13H12N2O4. The molecule has 98 valence electrons. The number of hydrogen-bond donors (Lipinski definition) is 3. The number of carboxylic acids is 1. The van der Waals surface area contributed by atoms with E-state index in [0.717, 1.165) is 0 Å². The van der Waals surface area contributed by atoms with Crippen LogP contribution in [0.3, 0.4) is 0 Å². The van der Waals surface area contributed by atoms with Gasteiger partial charge < -0.3 is 15.5 Å². The monoisotopic (exact) mass is 260 g/mol. The number of nitrogens with zero attached hydrogens (tertiary/aromatic N) is 1. The average molecular weight is 260 g/mol. The van der Waals surface area contributed by atoms with Crippen LogP contribution in [0.2, 0.25) is 0 Å². The molecule has 0 aliphatic heterocycles. The summed E-state index contributed by atoms with van der Waals surface area (Å²) in [6.45, 7) is -0.342. The number of aliphatic carboxylic acids is 1. The van der Waals surface area contributed by atoms with Crippen LogP contribution in [0.15, 0.2) is 36.5 Å². The van der Waals surface area contributed by atoms with E-state index in [4.69, 9.17) is 10.2 Å². The van der Waals surface area contributed by atoms with Crippen molar-refractivity contribution in [2.75, 3.05) is 6.54 Å². The number of hydrogen-bond acceptors (Lipinski definition) is 4. The van der Waals surface area contributed by atoms with Crippen LogP contribution in [0.5, 0.6) is 0 Å². The van der Waals surface area contributed by atoms with Gasteiger partial charge in [-0.05, 0) is 18.2 Å². The Bertz CT molecular complexity index is 622. The minimum atomic E-state index is -1.61. The zero-order valence-corrected chi connectivity index (χ0v) is 9.91. The molecule has 1 amide bonds. The lowest BCUT2D eigenvalue weighted by Gasteiger charge is -2.09. The van der Waals surface area contributed by atoms with Gasteiger partial charge in [0.15, 0.2) is 6.10 Å². The summed E-state index contributed by atoms with van der Waals surface area (Å²) in [6.07, 6.45) is 0.00937. The lowest BCUT2D eigenvalue weighted by atomic mass is 10.1. The summed E-state index contributed by atoms with van der Waals surface area (Å²) in [5.41, 5.74) is 1.07. The van der Waals surface area contributed by atoms with Crippen molar-refractivity contribution in [3.05, 3.63) is 42.1 Å². The number of carboxylic acid groups (broad SMARTS) is 1. The molecule has 0 radical (unpaired) electrons. The Kier molecular flexibility index (Phi) is 3.72. The largest absolute Gasteiger partial charge is 0.479 e. The number of nitrogens with one attached hydrogen (secondary N) is 1. The van der Waals surface area contributed by atoms with Crippen LogP contribution >= 0.6 is 0 Å². The molecule has 6 nitrogen and oxygen atoms in total. The van der Waals surface area contributed by atoms with Gasteiger partial charge in [0, 0.05) is 17.1 Å². The van der Waals surface area contributed by atoms with E-state index in [2.05, 4.69) is 10.3 Å². The third-order valence-electron chi connectivity index (χ3n) is 2.63. The molecule has 19 heavy (non-hydrogen) atoms. The first kappa shape index (κ1) is 13.0. The summed E-state index contributed by atoms with van der Waals surface area (Å²) in [6, 6.07) is 8.55. The van der Waals surface area contributed by atoms with Gasteiger partial charge in [-0.3, -0.25) is 9.78 Å². The van der Waals surface area contributed by atoms with E-state index >= 15 is 0 Å². The van der Waals surface area contributed by atoms with Gasteiger partial charge in [-0.25, -0.2) is 4.79 Å². The highest BCUT2D eigenvalue weighted by atomic mass is 16.4. The molecule has 0 saturated carbocycles. The highest BCUT2D eigenvalue weighted by molar-refractivity contribution is 6.06. The first-order chi connectivity index (χ1) is 9.09. The fraction of sp³-hybridized carbons (Fsp3) is 0.154. The lowest BCUT2D eigenvalue weighted by Crippen LogP contribution is -2.36. The van der Waals surface area contributed by atoms with E-state index < -0.39 is 18.0 Å². The van der Waals surface area contributed by atoms with Crippen molar-refractivity contribution in [1.82, 2.24) is 10.3 Å². The van der Waals surface area contributed by atoms with Crippen LogP contribution in [-0.4, -0.2) is 39.7 Å². The quantitative estimate of drug-likeness (QED) is 0.739. The third kappa shape index (κ3) is 2.86. The predicted octanol–water partition coefficient (Wildman–Crippen LogP) is 0.410. The van der Waals surface area contributed by atoms with Gasteiger partial charge >= 0.3 is 5.97 Å². The summed E-state index contributed by atoms with van der Waals surface area (Å²) >= 11 is 0. The van der Waals surface area contributed by atoms with E-state index in [9.17, 15) is 9.59 Å². The zero-order chi connectivity index (χ0) is 13.8. The second-order valence-corrected chi connectivity index (χ2v) is 3.94. The van der Waals surface area contributed by atoms with Crippen LogP contribution < -0.4 is 5.32 Å². The normalized spacial score (nSPS) is 12.1. The molecule has 0 fully saturated rings. The second kappa shape index (κ2) is 5.45. The molecule has 3 N–H and O–H groups in total. The second-order valence-electron chi connectivity index (χ2n) is 3.94. The highest BCUT2D eigenvalue weighted by Crippen LogP contribution is 2.16. The first-order valence-corrected chi connectivity index (χ1v) is 5.62. The zero-order valence-electron chi connectivity index (χ0n) is 9.91. The number of rotatable bonds is 4. The molecule has 1 aromatic carbocycles. The van der Waals surface area contributed by atoms with Crippen LogP contribution in [0, 0.1) is 0 Å². The molecule has 0 bridgehead atoms. The smallest absolute Gasteiger partial charge is 0.334 e. The number of carbonyl (C=O) groups is 2. The minimum Gasteiger partial charge on any atom is -0.479 e. The van der Waals surface area contributed by atoms with Crippen LogP contribution in [-0.2, 0) is 4.79 Å². The van der Waals surface area contributed by atoms with Gasteiger partial charge in [0.1, 0.15) is 0 Å². The maximum atomic E-state index is 11.9. The molecule has 1 heterocycles. The lowest BCUT2D eigenvalue weighted by molar-refractivity contribution is -0.146. The van der Waals surface area contributed by atoms with Gasteiger partial charge in [-0.2, -0.15) is 0 Å². The Morgan fingerprint density at radius 3 is 2.79 bits per heavy atom. The van der Waals surface area contributed by atoms with E-state index in [0.29, 0.717) is 16.5 Å². The fourth-order valence-corrected chi connectivity index (χ4v) is 1.67. The van der Waals surface area contributed by atoms with Gasteiger partial charge in [0.05, 0.1) is 12.1 Å². The third-order valence-corrected chi connectivity index (χ3v) is 2.63. The highest BCUT2D eigenvalue weighted by Gasteiger charge is 2.16. The van der Waals surface area contributed by atoms with Gasteiger partial charge in [-0.1, -0.05) is 12.1 Å². The minimum absolute atomic E-state index is 0.342. The standard InChI is InChI=1S/C13H12N2O4/c16-11(13(18)19)7-15-12(17)9-3-1-5-10-8(9)4-2-6-14-10/h1-6,11,16H,7H2,(H,15,17)(H,18,19). The number of aliphatic hydroxyl groups is 1. The van der Waals surface area contributed by atoms with Crippen molar-refractivity contribution in [3.63, 3.8) is 0 Å². The van der Waals surface area contributed by atoms with Gasteiger partial charge in [-0.15, -0.1) is 0 Å². The molecule has 0 aliphatic carbocycles. The molecule has 0 saturated heterocycles. The van der Waals surface area contributed by atoms with E-state index in [-0.39, 0.29) is 6.54 Å². The molecule has 0 spiro atoms. The van der Waals surface area contributed by atoms with Crippen LogP contribution in [0.1, 0.15) is 10.4 Å². The number of benzene rings is 1. The van der Waals surface area contributed by atoms with E-state index in [1.54, 1.807) is 36.5 Å².